The van der Waals surface area contributed by atoms with Gasteiger partial charge in [-0.1, -0.05) is 30.4 Å². The Hall–Kier alpha value is -3.50. The molecule has 1 fully saturated rings. The van der Waals surface area contributed by atoms with E-state index >= 15 is 4.39 Å². The van der Waals surface area contributed by atoms with Gasteiger partial charge in [0.05, 0.1) is 23.3 Å². The zero-order valence-corrected chi connectivity index (χ0v) is 22.0. The van der Waals surface area contributed by atoms with Crippen molar-refractivity contribution in [3.05, 3.63) is 71.2 Å². The molecule has 0 radical (unpaired) electrons. The van der Waals surface area contributed by atoms with E-state index in [4.69, 9.17) is 0 Å². The number of fused-ring (bicyclic) bond motifs is 1. The maximum absolute atomic E-state index is 15.1. The maximum Gasteiger partial charge on any atom is 0.232 e. The molecule has 2 aliphatic rings. The average molecular weight is 523 g/mol. The summed E-state index contributed by atoms with van der Waals surface area (Å²) in [6.45, 7) is 1.94. The van der Waals surface area contributed by atoms with Gasteiger partial charge in [0.25, 0.3) is 0 Å². The molecule has 1 aliphatic heterocycles. The monoisotopic (exact) mass is 522 g/mol. The number of piperidine rings is 1. The normalized spacial score (nSPS) is 16.0. The van der Waals surface area contributed by atoms with Gasteiger partial charge in [0, 0.05) is 24.7 Å². The summed E-state index contributed by atoms with van der Waals surface area (Å²) in [5.74, 6) is 0.885. The second kappa shape index (κ2) is 10.1. The number of allylic oxidation sites excluding steroid dienone is 1. The van der Waals surface area contributed by atoms with E-state index in [9.17, 15) is 8.42 Å². The molecule has 0 spiro atoms. The number of anilines is 5. The van der Waals surface area contributed by atoms with Crippen LogP contribution in [0.2, 0.25) is 0 Å². The fourth-order valence-corrected chi connectivity index (χ4v) is 5.35. The minimum absolute atomic E-state index is 0.224. The van der Waals surface area contributed by atoms with Gasteiger partial charge in [-0.05, 0) is 68.7 Å². The predicted molar refractivity (Wildman–Crippen MR) is 147 cm³/mol. The number of para-hydroxylation sites is 2. The molecule has 8 nitrogen and oxygen atoms in total. The number of benzene rings is 2. The third-order valence-electron chi connectivity index (χ3n) is 7.03. The van der Waals surface area contributed by atoms with Crippen molar-refractivity contribution in [1.29, 1.82) is 0 Å². The molecule has 37 heavy (non-hydrogen) atoms. The fourth-order valence-electron chi connectivity index (χ4n) is 4.83. The second-order valence-corrected chi connectivity index (χ2v) is 11.7. The standard InChI is InChI=1S/C27H31FN6O2S/c1-33-15-13-18(14-16-33)20-12-11-19(17-22(20)28)29-27-31-23-9-6-7-21(23)26(32-27)30-24-8-4-5-10-25(24)34(2)37(3,35)36/h4-8,10-12,17-18H,9,13-16H2,1-3H3,(H2,29,30,31,32). The second-order valence-electron chi connectivity index (χ2n) is 9.67. The van der Waals surface area contributed by atoms with Gasteiger partial charge in [-0.3, -0.25) is 4.31 Å². The van der Waals surface area contributed by atoms with Crippen LogP contribution >= 0.6 is 0 Å². The van der Waals surface area contributed by atoms with Crippen molar-refractivity contribution < 1.29 is 12.8 Å². The summed E-state index contributed by atoms with van der Waals surface area (Å²) < 4.78 is 40.6. The molecule has 0 unspecified atom stereocenters. The van der Waals surface area contributed by atoms with Crippen molar-refractivity contribution in [3.63, 3.8) is 0 Å². The number of sulfonamides is 1. The summed E-state index contributed by atoms with van der Waals surface area (Å²) in [7, 11) is 0.152. The first-order chi connectivity index (χ1) is 17.7. The molecule has 2 aromatic carbocycles. The Kier molecular flexibility index (Phi) is 6.87. The zero-order valence-electron chi connectivity index (χ0n) is 21.2. The molecule has 2 N–H and O–H groups in total. The maximum atomic E-state index is 15.1. The lowest BCUT2D eigenvalue weighted by Crippen LogP contribution is -2.29. The average Bonchev–Trinajstić information content (AvgIpc) is 3.33. The largest absolute Gasteiger partial charge is 0.338 e. The van der Waals surface area contributed by atoms with Crippen LogP contribution in [0, 0.1) is 5.82 Å². The summed E-state index contributed by atoms with van der Waals surface area (Å²) in [4.78, 5) is 11.6. The lowest BCUT2D eigenvalue weighted by Gasteiger charge is -2.29. The van der Waals surface area contributed by atoms with Crippen LogP contribution in [-0.2, 0) is 16.4 Å². The summed E-state index contributed by atoms with van der Waals surface area (Å²) in [5.41, 5.74) is 4.09. The molecular formula is C27H31FN6O2S. The number of aromatic nitrogens is 2. The van der Waals surface area contributed by atoms with Gasteiger partial charge in [0.15, 0.2) is 0 Å². The van der Waals surface area contributed by atoms with Gasteiger partial charge < -0.3 is 15.5 Å². The molecule has 0 bridgehead atoms. The molecule has 0 saturated carbocycles. The third-order valence-corrected chi connectivity index (χ3v) is 8.22. The first-order valence-electron chi connectivity index (χ1n) is 12.3. The third kappa shape index (κ3) is 5.45. The highest BCUT2D eigenvalue weighted by Gasteiger charge is 2.22. The Morgan fingerprint density at radius 3 is 2.57 bits per heavy atom. The summed E-state index contributed by atoms with van der Waals surface area (Å²) in [6, 6.07) is 12.4. The van der Waals surface area contributed by atoms with Crippen LogP contribution in [-0.4, -0.2) is 56.7 Å². The number of nitrogens with zero attached hydrogens (tertiary/aromatic N) is 4. The summed E-state index contributed by atoms with van der Waals surface area (Å²) >= 11 is 0. The topological polar surface area (TPSA) is 90.5 Å². The van der Waals surface area contributed by atoms with Crippen molar-refractivity contribution in [2.75, 3.05) is 48.4 Å². The molecule has 1 saturated heterocycles. The molecule has 0 atom stereocenters. The van der Waals surface area contributed by atoms with E-state index < -0.39 is 10.0 Å². The van der Waals surface area contributed by atoms with Crippen molar-refractivity contribution in [2.24, 2.45) is 0 Å². The highest BCUT2D eigenvalue weighted by atomic mass is 32.2. The molecule has 5 rings (SSSR count). The number of halogens is 1. The molecule has 2 heterocycles. The molecule has 0 amide bonds. The highest BCUT2D eigenvalue weighted by Crippen LogP contribution is 2.34. The van der Waals surface area contributed by atoms with E-state index in [1.54, 1.807) is 18.2 Å². The van der Waals surface area contributed by atoms with Crippen LogP contribution in [0.4, 0.5) is 33.2 Å². The van der Waals surface area contributed by atoms with Crippen molar-refractivity contribution >= 4 is 44.9 Å². The molecule has 1 aromatic heterocycles. The first kappa shape index (κ1) is 25.2. The van der Waals surface area contributed by atoms with E-state index in [-0.39, 0.29) is 11.7 Å². The van der Waals surface area contributed by atoms with Crippen molar-refractivity contribution in [1.82, 2.24) is 14.9 Å². The van der Waals surface area contributed by atoms with Gasteiger partial charge in [0.2, 0.25) is 16.0 Å². The van der Waals surface area contributed by atoms with Crippen LogP contribution in [0.25, 0.3) is 6.08 Å². The molecule has 194 valence electrons. The predicted octanol–water partition coefficient (Wildman–Crippen LogP) is 4.88. The quantitative estimate of drug-likeness (QED) is 0.457. The lowest BCUT2D eigenvalue weighted by atomic mass is 9.89. The number of likely N-dealkylation sites (tertiary alicyclic amines) is 1. The zero-order chi connectivity index (χ0) is 26.2. The van der Waals surface area contributed by atoms with Crippen LogP contribution in [0.1, 0.15) is 35.6 Å². The van der Waals surface area contributed by atoms with Crippen LogP contribution in [0.15, 0.2) is 48.5 Å². The number of hydrogen-bond donors (Lipinski definition) is 2. The molecule has 1 aliphatic carbocycles. The van der Waals surface area contributed by atoms with E-state index in [0.29, 0.717) is 35.2 Å². The van der Waals surface area contributed by atoms with Crippen LogP contribution < -0.4 is 14.9 Å². The smallest absolute Gasteiger partial charge is 0.232 e. The minimum Gasteiger partial charge on any atom is -0.338 e. The van der Waals surface area contributed by atoms with Crippen LogP contribution in [0.3, 0.4) is 0 Å². The molecular weight excluding hydrogens is 491 g/mol. The SMILES string of the molecule is CN1CCC(c2ccc(Nc3nc4c(c(Nc5ccccc5N(C)S(C)(=O)=O)n3)C=CC4)cc2F)CC1. The van der Waals surface area contributed by atoms with Gasteiger partial charge in [-0.25, -0.2) is 17.8 Å². The fraction of sp³-hybridized carbons (Fsp3) is 0.333. The van der Waals surface area contributed by atoms with Crippen molar-refractivity contribution in [2.45, 2.75) is 25.2 Å². The van der Waals surface area contributed by atoms with Crippen molar-refractivity contribution in [3.8, 4) is 0 Å². The highest BCUT2D eigenvalue weighted by molar-refractivity contribution is 7.92. The van der Waals surface area contributed by atoms with E-state index in [2.05, 4.69) is 32.5 Å². The Bertz CT molecular complexity index is 1450. The van der Waals surface area contributed by atoms with Gasteiger partial charge >= 0.3 is 0 Å². The number of nitrogens with one attached hydrogen (secondary N) is 2. The first-order valence-corrected chi connectivity index (χ1v) is 14.2. The Morgan fingerprint density at radius 2 is 1.84 bits per heavy atom. The number of rotatable bonds is 7. The Balaban J connectivity index is 1.41. The summed E-state index contributed by atoms with van der Waals surface area (Å²) in [6.07, 6.45) is 7.65. The van der Waals surface area contributed by atoms with Gasteiger partial charge in [-0.2, -0.15) is 4.98 Å². The Labute approximate surface area is 217 Å². The lowest BCUT2D eigenvalue weighted by molar-refractivity contribution is 0.253. The Morgan fingerprint density at radius 1 is 1.08 bits per heavy atom. The summed E-state index contributed by atoms with van der Waals surface area (Å²) in [5, 5.41) is 6.45. The van der Waals surface area contributed by atoms with E-state index in [0.717, 1.165) is 49.0 Å². The van der Waals surface area contributed by atoms with Crippen LogP contribution in [0.5, 0.6) is 0 Å². The molecule has 3 aromatic rings. The van der Waals surface area contributed by atoms with E-state index in [1.807, 2.05) is 30.4 Å². The minimum atomic E-state index is -3.45. The van der Waals surface area contributed by atoms with Gasteiger partial charge in [0.1, 0.15) is 11.6 Å². The molecule has 10 heteroatoms. The number of hydrogen-bond acceptors (Lipinski definition) is 7. The van der Waals surface area contributed by atoms with Gasteiger partial charge in [-0.15, -0.1) is 0 Å². The van der Waals surface area contributed by atoms with E-state index in [1.165, 1.54) is 17.4 Å².